The van der Waals surface area contributed by atoms with E-state index in [9.17, 15) is 4.79 Å². The molecule has 0 spiro atoms. The third-order valence-electron chi connectivity index (χ3n) is 2.89. The van der Waals surface area contributed by atoms with Gasteiger partial charge < -0.3 is 19.5 Å². The van der Waals surface area contributed by atoms with E-state index in [2.05, 4.69) is 0 Å². The highest BCUT2D eigenvalue weighted by Crippen LogP contribution is 2.33. The lowest BCUT2D eigenvalue weighted by Gasteiger charge is -2.30. The summed E-state index contributed by atoms with van der Waals surface area (Å²) in [5, 5.41) is 8.84. The first-order chi connectivity index (χ1) is 8.99. The monoisotopic (exact) mass is 267 g/mol. The van der Waals surface area contributed by atoms with E-state index in [1.54, 1.807) is 14.2 Å². The van der Waals surface area contributed by atoms with Gasteiger partial charge in [0.05, 0.1) is 26.3 Å². The van der Waals surface area contributed by atoms with Crippen LogP contribution in [0.1, 0.15) is 20.3 Å². The molecule has 1 aromatic rings. The molecular formula is C14H21NO4. The number of rotatable bonds is 7. The van der Waals surface area contributed by atoms with Crippen LogP contribution in [-0.4, -0.2) is 37.9 Å². The van der Waals surface area contributed by atoms with Crippen LogP contribution in [-0.2, 0) is 4.79 Å². The highest BCUT2D eigenvalue weighted by atomic mass is 16.5. The normalized spacial score (nSPS) is 10.4. The van der Waals surface area contributed by atoms with Crippen molar-refractivity contribution in [3.63, 3.8) is 0 Å². The number of carboxylic acid groups (broad SMARTS) is 1. The Hall–Kier alpha value is -1.91. The van der Waals surface area contributed by atoms with Crippen molar-refractivity contribution in [2.75, 3.05) is 25.7 Å². The van der Waals surface area contributed by atoms with Crippen LogP contribution < -0.4 is 14.4 Å². The molecule has 0 bridgehead atoms. The molecule has 0 saturated heterocycles. The number of carbonyl (C=O) groups is 1. The maximum absolute atomic E-state index is 10.8. The quantitative estimate of drug-likeness (QED) is 0.822. The van der Waals surface area contributed by atoms with E-state index in [1.165, 1.54) is 0 Å². The van der Waals surface area contributed by atoms with Crippen molar-refractivity contribution in [3.05, 3.63) is 18.2 Å². The van der Waals surface area contributed by atoms with Crippen LogP contribution in [0, 0.1) is 0 Å². The number of hydrogen-bond donors (Lipinski definition) is 1. The third kappa shape index (κ3) is 4.05. The summed E-state index contributed by atoms with van der Waals surface area (Å²) in [6, 6.07) is 5.67. The Morgan fingerprint density at radius 1 is 1.32 bits per heavy atom. The average Bonchev–Trinajstić information content (AvgIpc) is 2.38. The topological polar surface area (TPSA) is 59.0 Å². The lowest BCUT2D eigenvalue weighted by Crippen LogP contribution is -2.33. The van der Waals surface area contributed by atoms with Crippen molar-refractivity contribution < 1.29 is 19.4 Å². The molecule has 0 saturated carbocycles. The van der Waals surface area contributed by atoms with Crippen LogP contribution in [0.15, 0.2) is 18.2 Å². The van der Waals surface area contributed by atoms with Gasteiger partial charge in [0, 0.05) is 18.7 Å². The second-order valence-electron chi connectivity index (χ2n) is 4.47. The number of benzene rings is 1. The Bertz CT molecular complexity index is 431. The van der Waals surface area contributed by atoms with Gasteiger partial charge in [0.2, 0.25) is 0 Å². The SMILES string of the molecule is COc1ccc(OC)c(N(CCC(=O)O)C(C)C)c1. The molecule has 0 heterocycles. The van der Waals surface area contributed by atoms with Gasteiger partial charge in [0.1, 0.15) is 11.5 Å². The largest absolute Gasteiger partial charge is 0.497 e. The molecule has 1 N–H and O–H groups in total. The van der Waals surface area contributed by atoms with E-state index in [-0.39, 0.29) is 12.5 Å². The molecular weight excluding hydrogens is 246 g/mol. The van der Waals surface area contributed by atoms with Crippen LogP contribution in [0.5, 0.6) is 11.5 Å². The fourth-order valence-electron chi connectivity index (χ4n) is 1.89. The summed E-state index contributed by atoms with van der Waals surface area (Å²) in [6.07, 6.45) is 0.0819. The lowest BCUT2D eigenvalue weighted by atomic mass is 10.2. The van der Waals surface area contributed by atoms with Gasteiger partial charge in [-0.25, -0.2) is 0 Å². The maximum Gasteiger partial charge on any atom is 0.305 e. The predicted molar refractivity (Wildman–Crippen MR) is 74.3 cm³/mol. The minimum Gasteiger partial charge on any atom is -0.497 e. The van der Waals surface area contributed by atoms with E-state index in [1.807, 2.05) is 36.9 Å². The van der Waals surface area contributed by atoms with E-state index >= 15 is 0 Å². The van der Waals surface area contributed by atoms with E-state index in [0.717, 1.165) is 11.4 Å². The number of methoxy groups -OCH3 is 2. The molecule has 0 amide bonds. The Morgan fingerprint density at radius 2 is 2.00 bits per heavy atom. The Morgan fingerprint density at radius 3 is 2.47 bits per heavy atom. The molecule has 0 aliphatic rings. The summed E-state index contributed by atoms with van der Waals surface area (Å²) in [6.45, 7) is 4.46. The van der Waals surface area contributed by atoms with Crippen LogP contribution in [0.25, 0.3) is 0 Å². The number of carboxylic acids is 1. The number of ether oxygens (including phenoxy) is 2. The highest BCUT2D eigenvalue weighted by Gasteiger charge is 2.17. The van der Waals surface area contributed by atoms with Crippen molar-refractivity contribution in [2.45, 2.75) is 26.3 Å². The van der Waals surface area contributed by atoms with Gasteiger partial charge in [0.25, 0.3) is 0 Å². The molecule has 0 fully saturated rings. The Labute approximate surface area is 113 Å². The summed E-state index contributed by atoms with van der Waals surface area (Å²) < 4.78 is 10.5. The third-order valence-corrected chi connectivity index (χ3v) is 2.89. The molecule has 0 aliphatic heterocycles. The van der Waals surface area contributed by atoms with Crippen LogP contribution in [0.2, 0.25) is 0 Å². The van der Waals surface area contributed by atoms with Crippen LogP contribution >= 0.6 is 0 Å². The van der Waals surface area contributed by atoms with Gasteiger partial charge in [-0.15, -0.1) is 0 Å². The fraction of sp³-hybridized carbons (Fsp3) is 0.500. The number of hydrogen-bond acceptors (Lipinski definition) is 4. The number of anilines is 1. The van der Waals surface area contributed by atoms with E-state index in [4.69, 9.17) is 14.6 Å². The van der Waals surface area contributed by atoms with Gasteiger partial charge in [-0.2, -0.15) is 0 Å². The first kappa shape index (κ1) is 15.1. The first-order valence-electron chi connectivity index (χ1n) is 6.20. The molecule has 0 radical (unpaired) electrons. The second kappa shape index (κ2) is 6.87. The first-order valence-corrected chi connectivity index (χ1v) is 6.20. The molecule has 106 valence electrons. The van der Waals surface area contributed by atoms with Gasteiger partial charge in [0.15, 0.2) is 0 Å². The minimum absolute atomic E-state index is 0.0819. The minimum atomic E-state index is -0.812. The summed E-state index contributed by atoms with van der Waals surface area (Å²) >= 11 is 0. The lowest BCUT2D eigenvalue weighted by molar-refractivity contribution is -0.136. The molecule has 0 atom stereocenters. The van der Waals surface area contributed by atoms with Crippen molar-refractivity contribution >= 4 is 11.7 Å². The second-order valence-corrected chi connectivity index (χ2v) is 4.47. The van der Waals surface area contributed by atoms with Crippen molar-refractivity contribution in [2.24, 2.45) is 0 Å². The zero-order valence-corrected chi connectivity index (χ0v) is 11.8. The average molecular weight is 267 g/mol. The predicted octanol–water partition coefficient (Wildman–Crippen LogP) is 2.39. The molecule has 0 aliphatic carbocycles. The summed E-state index contributed by atoms with van der Waals surface area (Å²) in [7, 11) is 3.20. The van der Waals surface area contributed by atoms with Gasteiger partial charge in [-0.05, 0) is 26.0 Å². The molecule has 19 heavy (non-hydrogen) atoms. The summed E-state index contributed by atoms with van der Waals surface area (Å²) in [5.41, 5.74) is 0.845. The van der Waals surface area contributed by atoms with E-state index < -0.39 is 5.97 Å². The Kier molecular flexibility index (Phi) is 5.48. The molecule has 1 rings (SSSR count). The number of nitrogens with zero attached hydrogens (tertiary/aromatic N) is 1. The van der Waals surface area contributed by atoms with Crippen molar-refractivity contribution in [1.29, 1.82) is 0 Å². The van der Waals surface area contributed by atoms with Crippen molar-refractivity contribution in [3.8, 4) is 11.5 Å². The van der Waals surface area contributed by atoms with Crippen LogP contribution in [0.4, 0.5) is 5.69 Å². The number of aliphatic carboxylic acids is 1. The zero-order chi connectivity index (χ0) is 14.4. The fourth-order valence-corrected chi connectivity index (χ4v) is 1.89. The van der Waals surface area contributed by atoms with Crippen LogP contribution in [0.3, 0.4) is 0 Å². The molecule has 0 aromatic heterocycles. The maximum atomic E-state index is 10.8. The molecule has 5 nitrogen and oxygen atoms in total. The van der Waals surface area contributed by atoms with E-state index in [0.29, 0.717) is 12.3 Å². The zero-order valence-electron chi connectivity index (χ0n) is 11.8. The van der Waals surface area contributed by atoms with Gasteiger partial charge >= 0.3 is 5.97 Å². The smallest absolute Gasteiger partial charge is 0.305 e. The molecule has 0 unspecified atom stereocenters. The summed E-state index contributed by atoms with van der Waals surface area (Å²) in [5.74, 6) is 0.615. The standard InChI is InChI=1S/C14H21NO4/c1-10(2)15(8-7-14(16)17)12-9-11(18-3)5-6-13(12)19-4/h5-6,9-10H,7-8H2,1-4H3,(H,16,17). The molecule has 5 heteroatoms. The molecule has 1 aromatic carbocycles. The van der Waals surface area contributed by atoms with Gasteiger partial charge in [-0.1, -0.05) is 0 Å². The highest BCUT2D eigenvalue weighted by molar-refractivity contribution is 5.69. The summed E-state index contributed by atoms with van der Waals surface area (Å²) in [4.78, 5) is 12.7. The van der Waals surface area contributed by atoms with Crippen molar-refractivity contribution in [1.82, 2.24) is 0 Å². The Balaban J connectivity index is 3.08. The van der Waals surface area contributed by atoms with Gasteiger partial charge in [-0.3, -0.25) is 4.79 Å².